The summed E-state index contributed by atoms with van der Waals surface area (Å²) >= 11 is 0. The van der Waals surface area contributed by atoms with Crippen LogP contribution in [0.4, 0.5) is 0 Å². The molecular weight excluding hydrogens is 154 g/mol. The van der Waals surface area contributed by atoms with Crippen molar-refractivity contribution >= 4 is 5.97 Å². The van der Waals surface area contributed by atoms with Crippen LogP contribution in [-0.2, 0) is 4.79 Å². The number of carbonyl (C=O) groups excluding carboxylic acids is 1. The van der Waals surface area contributed by atoms with Crippen LogP contribution in [0.3, 0.4) is 0 Å². The Bertz CT molecular complexity index is 185. The summed E-state index contributed by atoms with van der Waals surface area (Å²) in [6, 6.07) is 0. The van der Waals surface area contributed by atoms with E-state index >= 15 is 0 Å². The first-order chi connectivity index (χ1) is 5.63. The third-order valence-corrected chi connectivity index (χ3v) is 1.80. The Balaban J connectivity index is 4.33. The van der Waals surface area contributed by atoms with Crippen LogP contribution in [0, 0.1) is 0 Å². The van der Waals surface area contributed by atoms with Crippen molar-refractivity contribution in [1.82, 2.24) is 0 Å². The van der Waals surface area contributed by atoms with Crippen molar-refractivity contribution in [2.24, 2.45) is 5.73 Å². The quantitative estimate of drug-likeness (QED) is 0.613. The average Bonchev–Trinajstić information content (AvgIpc) is 2.04. The number of carboxylic acids is 1. The molecule has 3 nitrogen and oxygen atoms in total. The highest BCUT2D eigenvalue weighted by molar-refractivity contribution is 5.85. The zero-order valence-electron chi connectivity index (χ0n) is 7.72. The topological polar surface area (TPSA) is 66.1 Å². The van der Waals surface area contributed by atoms with Gasteiger partial charge in [0.2, 0.25) is 0 Å². The minimum absolute atomic E-state index is 0.277. The third kappa shape index (κ3) is 3.42. The summed E-state index contributed by atoms with van der Waals surface area (Å²) in [5, 5.41) is 10.6. The normalized spacial score (nSPS) is 12.5. The molecule has 0 saturated heterocycles. The molecule has 0 aliphatic carbocycles. The standard InChI is InChI=1S/C9H17NO2/c1-3-5-6-7(9(11)12)8(10)4-2/h3-6,10H2,1-2H3,(H,11,12)/p-1/b8-7-. The van der Waals surface area contributed by atoms with Crippen molar-refractivity contribution in [3.05, 3.63) is 11.3 Å². The predicted octanol–water partition coefficient (Wildman–Crippen LogP) is 0.549. The smallest absolute Gasteiger partial charge is 0.0692 e. The van der Waals surface area contributed by atoms with Crippen LogP contribution in [0.1, 0.15) is 39.5 Å². The monoisotopic (exact) mass is 170 g/mol. The summed E-state index contributed by atoms with van der Waals surface area (Å²) < 4.78 is 0. The molecule has 0 aromatic rings. The molecule has 2 N–H and O–H groups in total. The predicted molar refractivity (Wildman–Crippen MR) is 46.0 cm³/mol. The van der Waals surface area contributed by atoms with Gasteiger partial charge in [-0.15, -0.1) is 0 Å². The van der Waals surface area contributed by atoms with E-state index in [1.165, 1.54) is 0 Å². The molecule has 12 heavy (non-hydrogen) atoms. The molecule has 0 unspecified atom stereocenters. The Morgan fingerprint density at radius 1 is 1.42 bits per heavy atom. The molecule has 0 atom stereocenters. The third-order valence-electron chi connectivity index (χ3n) is 1.80. The van der Waals surface area contributed by atoms with E-state index in [1.807, 2.05) is 13.8 Å². The number of hydrogen-bond acceptors (Lipinski definition) is 3. The molecule has 70 valence electrons. The van der Waals surface area contributed by atoms with Crippen molar-refractivity contribution in [2.75, 3.05) is 0 Å². The van der Waals surface area contributed by atoms with Gasteiger partial charge in [0.05, 0.1) is 5.97 Å². The van der Waals surface area contributed by atoms with Gasteiger partial charge in [0.15, 0.2) is 0 Å². The molecule has 0 aromatic carbocycles. The van der Waals surface area contributed by atoms with E-state index in [4.69, 9.17) is 5.73 Å². The molecule has 0 rings (SSSR count). The van der Waals surface area contributed by atoms with Gasteiger partial charge in [0.25, 0.3) is 0 Å². The maximum Gasteiger partial charge on any atom is 0.0692 e. The number of rotatable bonds is 5. The van der Waals surface area contributed by atoms with Crippen LogP contribution < -0.4 is 10.8 Å². The van der Waals surface area contributed by atoms with E-state index < -0.39 is 5.97 Å². The second kappa shape index (κ2) is 5.63. The lowest BCUT2D eigenvalue weighted by Crippen LogP contribution is -2.27. The molecule has 0 spiro atoms. The second-order valence-corrected chi connectivity index (χ2v) is 2.75. The summed E-state index contributed by atoms with van der Waals surface area (Å²) in [5.74, 6) is -1.12. The second-order valence-electron chi connectivity index (χ2n) is 2.75. The van der Waals surface area contributed by atoms with Gasteiger partial charge >= 0.3 is 0 Å². The Hall–Kier alpha value is -0.990. The average molecular weight is 170 g/mol. The fourth-order valence-corrected chi connectivity index (χ4v) is 0.961. The van der Waals surface area contributed by atoms with E-state index in [9.17, 15) is 9.90 Å². The molecule has 0 fully saturated rings. The summed E-state index contributed by atoms with van der Waals surface area (Å²) in [4.78, 5) is 10.6. The van der Waals surface area contributed by atoms with Gasteiger partial charge in [0.1, 0.15) is 0 Å². The Kier molecular flexibility index (Phi) is 5.17. The van der Waals surface area contributed by atoms with Gasteiger partial charge in [-0.3, -0.25) is 0 Å². The Morgan fingerprint density at radius 2 is 2.00 bits per heavy atom. The molecule has 0 aromatic heterocycles. The van der Waals surface area contributed by atoms with Crippen LogP contribution in [0.15, 0.2) is 11.3 Å². The molecule has 0 amide bonds. The van der Waals surface area contributed by atoms with Gasteiger partial charge < -0.3 is 15.6 Å². The minimum atomic E-state index is -1.12. The number of carbonyl (C=O) groups is 1. The molecule has 0 heterocycles. The molecule has 3 heteroatoms. The van der Waals surface area contributed by atoms with Gasteiger partial charge in [-0.2, -0.15) is 0 Å². The Morgan fingerprint density at radius 3 is 2.33 bits per heavy atom. The van der Waals surface area contributed by atoms with Crippen molar-refractivity contribution in [3.63, 3.8) is 0 Å². The lowest BCUT2D eigenvalue weighted by Gasteiger charge is -2.11. The van der Waals surface area contributed by atoms with Crippen LogP contribution in [0.2, 0.25) is 0 Å². The van der Waals surface area contributed by atoms with Crippen LogP contribution >= 0.6 is 0 Å². The first-order valence-corrected chi connectivity index (χ1v) is 4.32. The van der Waals surface area contributed by atoms with E-state index in [1.54, 1.807) is 0 Å². The van der Waals surface area contributed by atoms with Crippen LogP contribution in [-0.4, -0.2) is 5.97 Å². The number of carboxylic acid groups (broad SMARTS) is 1. The number of aliphatic carboxylic acids is 1. The van der Waals surface area contributed by atoms with E-state index in [2.05, 4.69) is 0 Å². The fourth-order valence-electron chi connectivity index (χ4n) is 0.961. The minimum Gasteiger partial charge on any atom is -0.545 e. The number of allylic oxidation sites excluding steroid dienone is 1. The number of nitrogens with two attached hydrogens (primary N) is 1. The molecule has 0 aliphatic heterocycles. The van der Waals surface area contributed by atoms with E-state index in [-0.39, 0.29) is 5.57 Å². The van der Waals surface area contributed by atoms with Gasteiger partial charge in [-0.25, -0.2) is 0 Å². The number of unbranched alkanes of at least 4 members (excludes halogenated alkanes) is 1. The summed E-state index contributed by atoms with van der Waals surface area (Å²) in [6.45, 7) is 3.85. The van der Waals surface area contributed by atoms with Gasteiger partial charge in [-0.1, -0.05) is 20.3 Å². The molecule has 0 aliphatic rings. The first-order valence-electron chi connectivity index (χ1n) is 4.32. The maximum absolute atomic E-state index is 10.6. The maximum atomic E-state index is 10.6. The largest absolute Gasteiger partial charge is 0.545 e. The highest BCUT2D eigenvalue weighted by Crippen LogP contribution is 2.10. The molecule has 0 saturated carbocycles. The Labute approximate surface area is 73.3 Å². The van der Waals surface area contributed by atoms with Crippen molar-refractivity contribution < 1.29 is 9.90 Å². The highest BCUT2D eigenvalue weighted by Gasteiger charge is 2.02. The van der Waals surface area contributed by atoms with Crippen molar-refractivity contribution in [1.29, 1.82) is 0 Å². The lowest BCUT2D eigenvalue weighted by atomic mass is 10.1. The van der Waals surface area contributed by atoms with Crippen molar-refractivity contribution in [2.45, 2.75) is 39.5 Å². The highest BCUT2D eigenvalue weighted by atomic mass is 16.4. The fraction of sp³-hybridized carbons (Fsp3) is 0.667. The lowest BCUT2D eigenvalue weighted by molar-refractivity contribution is -0.299. The summed E-state index contributed by atoms with van der Waals surface area (Å²) in [5.41, 5.74) is 6.24. The molecule has 0 bridgehead atoms. The van der Waals surface area contributed by atoms with E-state index in [0.29, 0.717) is 18.5 Å². The first kappa shape index (κ1) is 11.0. The summed E-state index contributed by atoms with van der Waals surface area (Å²) in [6.07, 6.45) is 2.92. The molecular formula is C9H16NO2-. The zero-order valence-corrected chi connectivity index (χ0v) is 7.72. The van der Waals surface area contributed by atoms with E-state index in [0.717, 1.165) is 12.8 Å². The summed E-state index contributed by atoms with van der Waals surface area (Å²) in [7, 11) is 0. The number of hydrogen-bond donors (Lipinski definition) is 1. The molecule has 0 radical (unpaired) electrons. The van der Waals surface area contributed by atoms with Gasteiger partial charge in [-0.05, 0) is 24.8 Å². The zero-order chi connectivity index (χ0) is 9.56. The van der Waals surface area contributed by atoms with Gasteiger partial charge in [0, 0.05) is 5.70 Å². The SMILES string of the molecule is CCCC/C(C(=O)[O-])=C(/N)CC. The van der Waals surface area contributed by atoms with Crippen molar-refractivity contribution in [3.8, 4) is 0 Å². The van der Waals surface area contributed by atoms with Crippen LogP contribution in [0.25, 0.3) is 0 Å². The van der Waals surface area contributed by atoms with Crippen LogP contribution in [0.5, 0.6) is 0 Å².